The Kier molecular flexibility index (Phi) is 14.3. The topological polar surface area (TPSA) is 0 Å². The highest BCUT2D eigenvalue weighted by molar-refractivity contribution is 6.36. The molecule has 0 N–H and O–H groups in total. The average Bonchev–Trinajstić information content (AvgIpc) is 1.50. The Morgan fingerprint density at radius 1 is 0.189 bits per heavy atom. The fourth-order valence-electron chi connectivity index (χ4n) is 19.2. The fraction of sp³-hybridized carbons (Fsp3) is 0.283. The minimum Gasteiger partial charge on any atom is -0.0622 e. The molecule has 106 heavy (non-hydrogen) atoms. The summed E-state index contributed by atoms with van der Waals surface area (Å²) in [5.74, 6) is 0. The van der Waals surface area contributed by atoms with Gasteiger partial charge in [-0.25, -0.2) is 0 Å². The zero-order valence-electron chi connectivity index (χ0n) is 66.8. The van der Waals surface area contributed by atoms with Crippen LogP contribution in [0.1, 0.15) is 208 Å². The third-order valence-corrected chi connectivity index (χ3v) is 25.4. The van der Waals surface area contributed by atoms with Crippen LogP contribution in [-0.4, -0.2) is 0 Å². The maximum atomic E-state index is 2.67. The molecule has 0 fully saturated rings. The van der Waals surface area contributed by atoms with Gasteiger partial charge in [-0.2, -0.15) is 0 Å². The van der Waals surface area contributed by atoms with Crippen LogP contribution in [0.25, 0.3) is 165 Å². The summed E-state index contributed by atoms with van der Waals surface area (Å²) in [6.07, 6.45) is 0. The van der Waals surface area contributed by atoms with Gasteiger partial charge in [0.2, 0.25) is 0 Å². The smallest absolute Gasteiger partial charge is 0.0159 e. The molecule has 0 heterocycles. The number of hydrogen-bond donors (Lipinski definition) is 0. The second-order valence-corrected chi connectivity index (χ2v) is 39.3. The summed E-state index contributed by atoms with van der Waals surface area (Å²) in [4.78, 5) is 0. The van der Waals surface area contributed by atoms with Crippen molar-refractivity contribution < 1.29 is 0 Å². The maximum absolute atomic E-state index is 2.67. The van der Waals surface area contributed by atoms with Crippen molar-refractivity contribution in [2.75, 3.05) is 0 Å². The molecule has 14 aromatic carbocycles. The molecule has 0 unspecified atom stereocenters. The van der Waals surface area contributed by atoms with Gasteiger partial charge < -0.3 is 0 Å². The van der Waals surface area contributed by atoms with E-state index in [1.54, 1.807) is 0 Å². The molecular weight excluding hydrogens is 1270 g/mol. The van der Waals surface area contributed by atoms with E-state index in [2.05, 4.69) is 371 Å². The van der Waals surface area contributed by atoms with E-state index in [4.69, 9.17) is 0 Å². The fourth-order valence-corrected chi connectivity index (χ4v) is 19.2. The molecular formula is C106H102. The SMILES string of the molecule is CC(C)(C)c1cc(-c2ccc3cc4c(-c5cc(C(C)(C)C)cc6c5-c5ccc(C(C)(C)C)cc5C6(C)C)c5c(c(-c6cc(C(C)(C)C)cc7c6-c6ccc(C(C)(C)C)cc6C7(C)C)c4cc3c2)-c2ccc3c4c(ccc-5c24)-c2c-3c(-c3ccccc3)c3ccccc3c2-c2ccccc2)cc(C(C)(C)C)c1. The van der Waals surface area contributed by atoms with Crippen LogP contribution >= 0.6 is 0 Å². The van der Waals surface area contributed by atoms with Gasteiger partial charge in [0.15, 0.2) is 0 Å². The third kappa shape index (κ3) is 9.97. The highest BCUT2D eigenvalue weighted by Crippen LogP contribution is 2.68. The van der Waals surface area contributed by atoms with Crippen LogP contribution in [0.15, 0.2) is 218 Å². The molecule has 526 valence electrons. The largest absolute Gasteiger partial charge is 0.0622 e. The Morgan fingerprint density at radius 2 is 0.519 bits per heavy atom. The van der Waals surface area contributed by atoms with Crippen molar-refractivity contribution in [2.24, 2.45) is 0 Å². The number of hydrogen-bond acceptors (Lipinski definition) is 0. The van der Waals surface area contributed by atoms with E-state index in [0.717, 1.165) is 0 Å². The van der Waals surface area contributed by atoms with Crippen LogP contribution < -0.4 is 0 Å². The Hall–Kier alpha value is -9.88. The highest BCUT2D eigenvalue weighted by Gasteiger charge is 2.45. The molecule has 4 aliphatic rings. The lowest BCUT2D eigenvalue weighted by molar-refractivity contribution is 0.569. The molecule has 0 atom stereocenters. The van der Waals surface area contributed by atoms with Gasteiger partial charge in [0.1, 0.15) is 0 Å². The van der Waals surface area contributed by atoms with Gasteiger partial charge in [-0.05, 0) is 284 Å². The van der Waals surface area contributed by atoms with Crippen molar-refractivity contribution in [1.29, 1.82) is 0 Å². The number of fused-ring (bicyclic) bond motifs is 15. The summed E-state index contributed by atoms with van der Waals surface area (Å²) in [5, 5.41) is 10.3. The van der Waals surface area contributed by atoms with E-state index < -0.39 is 0 Å². The first kappa shape index (κ1) is 68.0. The van der Waals surface area contributed by atoms with Crippen molar-refractivity contribution in [3.05, 3.63) is 274 Å². The van der Waals surface area contributed by atoms with E-state index in [1.807, 2.05) is 0 Å². The predicted molar refractivity (Wildman–Crippen MR) is 460 cm³/mol. The molecule has 0 aromatic heterocycles. The first-order valence-corrected chi connectivity index (χ1v) is 39.1. The van der Waals surface area contributed by atoms with E-state index >= 15 is 0 Å². The minimum absolute atomic E-state index is 0.0334. The van der Waals surface area contributed by atoms with Crippen LogP contribution in [0.2, 0.25) is 0 Å². The first-order chi connectivity index (χ1) is 49.9. The summed E-state index contributed by atoms with van der Waals surface area (Å²) in [6.45, 7) is 53.0. The van der Waals surface area contributed by atoms with Gasteiger partial charge in [0.05, 0.1) is 0 Å². The molecule has 0 aliphatic heterocycles. The van der Waals surface area contributed by atoms with Crippen LogP contribution in [-0.2, 0) is 43.3 Å². The second-order valence-electron chi connectivity index (χ2n) is 39.3. The van der Waals surface area contributed by atoms with E-state index in [1.165, 1.54) is 221 Å². The standard InChI is InChI=1S/C106H102/c1-99(2,3)65-39-41-73-83(55-65)105(19,20)85-57-69(103(13,14)15)53-81(89(73)85)93-79-50-62-38-37-61(64-48-67(101(7,8)9)52-68(49-64)102(10,11)12)47-63(62)51-80(79)94(82-54-70(104(16,17)18)58-86-90(82)74-42-40-66(100(4,5)6)56-84(74)106(86,21)22)98-78-46-44-76-91-75(43-45-77(92(78)91)97(93)98)95-87(59-31-25-23-26-32-59)71-35-29-30-36-72(71)88(96(76)95)60-33-27-24-28-34-60/h23-58H,1-22H3. The Morgan fingerprint density at radius 3 is 0.896 bits per heavy atom. The number of benzene rings is 14. The lowest BCUT2D eigenvalue weighted by atomic mass is 9.74. The van der Waals surface area contributed by atoms with Crippen molar-refractivity contribution in [2.45, 2.75) is 196 Å². The van der Waals surface area contributed by atoms with Crippen LogP contribution in [0.3, 0.4) is 0 Å². The molecule has 18 rings (SSSR count). The Balaban J connectivity index is 1.07. The van der Waals surface area contributed by atoms with Crippen LogP contribution in [0.5, 0.6) is 0 Å². The molecule has 4 aliphatic carbocycles. The van der Waals surface area contributed by atoms with Gasteiger partial charge in [-0.1, -0.05) is 340 Å². The summed E-state index contributed by atoms with van der Waals surface area (Å²) >= 11 is 0. The molecule has 0 spiro atoms. The van der Waals surface area contributed by atoms with Gasteiger partial charge >= 0.3 is 0 Å². The van der Waals surface area contributed by atoms with Crippen molar-refractivity contribution >= 4 is 43.1 Å². The molecule has 0 saturated heterocycles. The maximum Gasteiger partial charge on any atom is 0.0159 e. The monoisotopic (exact) mass is 1370 g/mol. The summed E-state index contributed by atoms with van der Waals surface area (Å²) < 4.78 is 0. The predicted octanol–water partition coefficient (Wildman–Crippen LogP) is 30.3. The highest BCUT2D eigenvalue weighted by atomic mass is 14.5. The summed E-state index contributed by atoms with van der Waals surface area (Å²) in [6, 6.07) is 87.9. The van der Waals surface area contributed by atoms with Gasteiger partial charge in [-0.15, -0.1) is 0 Å². The normalized spacial score (nSPS) is 14.7. The average molecular weight is 1380 g/mol. The molecule has 0 saturated carbocycles. The first-order valence-electron chi connectivity index (χ1n) is 39.1. The second kappa shape index (κ2) is 22.4. The van der Waals surface area contributed by atoms with Crippen LogP contribution in [0, 0.1) is 0 Å². The third-order valence-electron chi connectivity index (χ3n) is 25.4. The summed E-state index contributed by atoms with van der Waals surface area (Å²) in [5.41, 5.74) is 41.5. The van der Waals surface area contributed by atoms with Crippen molar-refractivity contribution in [3.8, 4) is 122 Å². The quantitative estimate of drug-likeness (QED) is 0.151. The minimum atomic E-state index is -0.301. The van der Waals surface area contributed by atoms with Crippen LogP contribution in [0.4, 0.5) is 0 Å². The zero-order chi connectivity index (χ0) is 74.5. The van der Waals surface area contributed by atoms with Crippen molar-refractivity contribution in [3.63, 3.8) is 0 Å². The van der Waals surface area contributed by atoms with E-state index in [9.17, 15) is 0 Å². The molecule has 0 amide bonds. The lowest BCUT2D eigenvalue weighted by Gasteiger charge is -2.30. The van der Waals surface area contributed by atoms with E-state index in [-0.39, 0.29) is 43.3 Å². The molecule has 0 heteroatoms. The van der Waals surface area contributed by atoms with E-state index in [0.29, 0.717) is 0 Å². The van der Waals surface area contributed by atoms with Gasteiger partial charge in [0, 0.05) is 10.8 Å². The Bertz CT molecular complexity index is 6060. The summed E-state index contributed by atoms with van der Waals surface area (Å²) in [7, 11) is 0. The Labute approximate surface area is 631 Å². The lowest BCUT2D eigenvalue weighted by Crippen LogP contribution is -2.19. The molecule has 0 nitrogen and oxygen atoms in total. The molecule has 14 aromatic rings. The zero-order valence-corrected chi connectivity index (χ0v) is 66.8. The van der Waals surface area contributed by atoms with Gasteiger partial charge in [0.25, 0.3) is 0 Å². The van der Waals surface area contributed by atoms with Crippen molar-refractivity contribution in [1.82, 2.24) is 0 Å². The number of rotatable bonds is 5. The van der Waals surface area contributed by atoms with Gasteiger partial charge in [-0.3, -0.25) is 0 Å². The molecule has 0 bridgehead atoms. The molecule has 0 radical (unpaired) electrons.